The molecule has 1 saturated heterocycles. The molecule has 0 radical (unpaired) electrons. The molecule has 1 amide bonds. The van der Waals surface area contributed by atoms with Gasteiger partial charge in [-0.05, 0) is 23.6 Å². The van der Waals surface area contributed by atoms with Crippen molar-refractivity contribution in [3.05, 3.63) is 29.3 Å². The number of nitrogens with zero attached hydrogens (tertiary/aromatic N) is 1. The van der Waals surface area contributed by atoms with Crippen LogP contribution < -0.4 is 10.2 Å². The van der Waals surface area contributed by atoms with Gasteiger partial charge in [-0.25, -0.2) is 0 Å². The van der Waals surface area contributed by atoms with Crippen molar-refractivity contribution in [3.8, 4) is 0 Å². The van der Waals surface area contributed by atoms with Crippen molar-refractivity contribution < 1.29 is 9.53 Å². The van der Waals surface area contributed by atoms with E-state index >= 15 is 0 Å². The highest BCUT2D eigenvalue weighted by Gasteiger charge is 2.23. The summed E-state index contributed by atoms with van der Waals surface area (Å²) >= 11 is 0. The fourth-order valence-electron chi connectivity index (χ4n) is 2.66. The Morgan fingerprint density at radius 3 is 3.06 bits per heavy atom. The number of carbonyl (C=O) groups is 1. The van der Waals surface area contributed by atoms with Gasteiger partial charge in [-0.15, -0.1) is 0 Å². The van der Waals surface area contributed by atoms with E-state index in [4.69, 9.17) is 4.74 Å². The minimum Gasteiger partial charge on any atom is -0.371 e. The first kappa shape index (κ1) is 11.7. The van der Waals surface area contributed by atoms with Gasteiger partial charge in [0.05, 0.1) is 12.7 Å². The topological polar surface area (TPSA) is 41.6 Å². The second kappa shape index (κ2) is 4.71. The third-order valence-corrected chi connectivity index (χ3v) is 3.75. The molecule has 1 unspecified atom stereocenters. The van der Waals surface area contributed by atoms with Gasteiger partial charge in [0.2, 0.25) is 5.91 Å². The van der Waals surface area contributed by atoms with Crippen molar-refractivity contribution in [1.82, 2.24) is 5.32 Å². The Kier molecular flexibility index (Phi) is 3.06. The summed E-state index contributed by atoms with van der Waals surface area (Å²) < 4.78 is 5.76. The summed E-state index contributed by atoms with van der Waals surface area (Å²) in [5, 5.41) is 3.34. The van der Waals surface area contributed by atoms with Crippen molar-refractivity contribution in [2.75, 3.05) is 31.6 Å². The second-order valence-corrected chi connectivity index (χ2v) is 4.90. The van der Waals surface area contributed by atoms with E-state index in [1.807, 2.05) is 13.1 Å². The van der Waals surface area contributed by atoms with Crippen LogP contribution >= 0.6 is 0 Å². The minimum absolute atomic E-state index is 0.145. The zero-order chi connectivity index (χ0) is 12.5. The van der Waals surface area contributed by atoms with Gasteiger partial charge in [0, 0.05) is 32.2 Å². The number of fused-ring (bicyclic) bond motifs is 1. The van der Waals surface area contributed by atoms with Crippen LogP contribution in [0.4, 0.5) is 5.69 Å². The van der Waals surface area contributed by atoms with E-state index in [2.05, 4.69) is 17.4 Å². The molecule has 1 N–H and O–H groups in total. The maximum atomic E-state index is 11.6. The fourth-order valence-corrected chi connectivity index (χ4v) is 2.66. The normalized spacial score (nSPS) is 23.9. The van der Waals surface area contributed by atoms with Crippen molar-refractivity contribution in [1.29, 1.82) is 0 Å². The van der Waals surface area contributed by atoms with Crippen LogP contribution in [0.1, 0.15) is 23.7 Å². The van der Waals surface area contributed by atoms with E-state index in [1.165, 1.54) is 11.1 Å². The van der Waals surface area contributed by atoms with Crippen molar-refractivity contribution in [2.45, 2.75) is 18.9 Å². The zero-order valence-corrected chi connectivity index (χ0v) is 10.6. The Morgan fingerprint density at radius 2 is 2.28 bits per heavy atom. The van der Waals surface area contributed by atoms with Gasteiger partial charge in [0.25, 0.3) is 0 Å². The highest BCUT2D eigenvalue weighted by Crippen LogP contribution is 2.30. The van der Waals surface area contributed by atoms with E-state index in [0.717, 1.165) is 31.8 Å². The molecule has 1 aromatic carbocycles. The molecule has 18 heavy (non-hydrogen) atoms. The number of anilines is 1. The van der Waals surface area contributed by atoms with E-state index in [0.29, 0.717) is 6.42 Å². The molecule has 2 aliphatic rings. The molecule has 1 atom stereocenters. The number of ether oxygens (including phenoxy) is 1. The van der Waals surface area contributed by atoms with Gasteiger partial charge in [0.15, 0.2) is 0 Å². The second-order valence-electron chi connectivity index (χ2n) is 4.90. The van der Waals surface area contributed by atoms with Gasteiger partial charge in [-0.3, -0.25) is 4.79 Å². The Hall–Kier alpha value is -1.39. The van der Waals surface area contributed by atoms with Crippen LogP contribution in [0.2, 0.25) is 0 Å². The molecule has 0 bridgehead atoms. The fraction of sp³-hybridized carbons (Fsp3) is 0.500. The Bertz CT molecular complexity index is 467. The van der Waals surface area contributed by atoms with Crippen molar-refractivity contribution in [2.24, 2.45) is 0 Å². The first-order valence-corrected chi connectivity index (χ1v) is 6.47. The molecule has 1 fully saturated rings. The number of aryl methyl sites for hydroxylation is 1. The molecule has 2 aliphatic heterocycles. The maximum absolute atomic E-state index is 11.6. The molecule has 0 saturated carbocycles. The molecular weight excluding hydrogens is 228 g/mol. The lowest BCUT2D eigenvalue weighted by Gasteiger charge is -2.28. The average molecular weight is 246 g/mol. The zero-order valence-electron chi connectivity index (χ0n) is 10.6. The lowest BCUT2D eigenvalue weighted by atomic mass is 9.97. The monoisotopic (exact) mass is 246 g/mol. The quantitative estimate of drug-likeness (QED) is 0.811. The van der Waals surface area contributed by atoms with Crippen LogP contribution in [0.25, 0.3) is 0 Å². The Balaban J connectivity index is 1.89. The van der Waals surface area contributed by atoms with E-state index in [1.54, 1.807) is 4.90 Å². The molecule has 2 heterocycles. The Morgan fingerprint density at radius 1 is 1.39 bits per heavy atom. The van der Waals surface area contributed by atoms with Gasteiger partial charge in [-0.1, -0.05) is 12.1 Å². The first-order valence-electron chi connectivity index (χ1n) is 6.47. The van der Waals surface area contributed by atoms with E-state index in [-0.39, 0.29) is 12.0 Å². The molecule has 4 nitrogen and oxygen atoms in total. The number of carbonyl (C=O) groups excluding carboxylic acids is 1. The van der Waals surface area contributed by atoms with Gasteiger partial charge in [-0.2, -0.15) is 0 Å². The number of rotatable bonds is 1. The standard InChI is InChI=1S/C14H18N2O2/c1-16-12-4-2-11(13-9-15-6-7-18-13)8-10(12)3-5-14(16)17/h2,4,8,13,15H,3,5-7,9H2,1H3. The molecule has 0 aliphatic carbocycles. The third-order valence-electron chi connectivity index (χ3n) is 3.75. The van der Waals surface area contributed by atoms with Crippen LogP contribution in [0.15, 0.2) is 18.2 Å². The smallest absolute Gasteiger partial charge is 0.227 e. The van der Waals surface area contributed by atoms with Crippen LogP contribution in [0.3, 0.4) is 0 Å². The average Bonchev–Trinajstić information content (AvgIpc) is 2.44. The number of morpholine rings is 1. The molecule has 4 heteroatoms. The van der Waals surface area contributed by atoms with E-state index < -0.39 is 0 Å². The minimum atomic E-state index is 0.145. The summed E-state index contributed by atoms with van der Waals surface area (Å²) in [5.74, 6) is 0.200. The summed E-state index contributed by atoms with van der Waals surface area (Å²) in [7, 11) is 1.85. The van der Waals surface area contributed by atoms with Gasteiger partial charge < -0.3 is 15.0 Å². The summed E-state index contributed by atoms with van der Waals surface area (Å²) in [6.45, 7) is 2.56. The maximum Gasteiger partial charge on any atom is 0.227 e. The van der Waals surface area contributed by atoms with Crippen molar-refractivity contribution in [3.63, 3.8) is 0 Å². The van der Waals surface area contributed by atoms with Crippen LogP contribution in [0, 0.1) is 0 Å². The summed E-state index contributed by atoms with van der Waals surface area (Å²) in [6, 6.07) is 6.31. The number of benzene rings is 1. The highest BCUT2D eigenvalue weighted by atomic mass is 16.5. The number of hydrogen-bond donors (Lipinski definition) is 1. The molecule has 0 spiro atoms. The first-order chi connectivity index (χ1) is 8.75. The Labute approximate surface area is 107 Å². The SMILES string of the molecule is CN1C(=O)CCc2cc(C3CNCCO3)ccc21. The molecule has 96 valence electrons. The summed E-state index contributed by atoms with van der Waals surface area (Å²) in [5.41, 5.74) is 3.51. The number of hydrogen-bond acceptors (Lipinski definition) is 3. The lowest BCUT2D eigenvalue weighted by Crippen LogP contribution is -2.34. The van der Waals surface area contributed by atoms with Crippen LogP contribution in [-0.4, -0.2) is 32.7 Å². The molecule has 0 aromatic heterocycles. The van der Waals surface area contributed by atoms with Crippen LogP contribution in [0.5, 0.6) is 0 Å². The predicted molar refractivity (Wildman–Crippen MR) is 69.7 cm³/mol. The number of amides is 1. The van der Waals surface area contributed by atoms with Gasteiger partial charge >= 0.3 is 0 Å². The van der Waals surface area contributed by atoms with Gasteiger partial charge in [0.1, 0.15) is 0 Å². The third kappa shape index (κ3) is 2.02. The highest BCUT2D eigenvalue weighted by molar-refractivity contribution is 5.95. The van der Waals surface area contributed by atoms with Crippen molar-refractivity contribution >= 4 is 11.6 Å². The summed E-state index contributed by atoms with van der Waals surface area (Å²) in [4.78, 5) is 13.4. The lowest BCUT2D eigenvalue weighted by molar-refractivity contribution is -0.118. The van der Waals surface area contributed by atoms with E-state index in [9.17, 15) is 4.79 Å². The van der Waals surface area contributed by atoms with Crippen LogP contribution in [-0.2, 0) is 16.0 Å². The summed E-state index contributed by atoms with van der Waals surface area (Å²) in [6.07, 6.45) is 1.59. The molecule has 1 aromatic rings. The molecule has 3 rings (SSSR count). The largest absolute Gasteiger partial charge is 0.371 e. The number of nitrogens with one attached hydrogen (secondary N) is 1. The molecular formula is C14H18N2O2. The predicted octanol–water partition coefficient (Wildman–Crippen LogP) is 1.26.